The third-order valence-corrected chi connectivity index (χ3v) is 5.88. The minimum Gasteiger partial charge on any atom is -0.451 e. The second kappa shape index (κ2) is 6.92. The van der Waals surface area contributed by atoms with Crippen LogP contribution in [0.5, 0.6) is 0 Å². The third kappa shape index (κ3) is 2.94. The van der Waals surface area contributed by atoms with E-state index < -0.39 is 0 Å². The second-order valence-corrected chi connectivity index (χ2v) is 7.72. The first-order valence-corrected chi connectivity index (χ1v) is 10.1. The van der Waals surface area contributed by atoms with Crippen molar-refractivity contribution in [2.24, 2.45) is 0 Å². The molecule has 0 aliphatic heterocycles. The lowest BCUT2D eigenvalue weighted by atomic mass is 9.92. The number of hydrogen-bond donors (Lipinski definition) is 1. The van der Waals surface area contributed by atoms with Crippen LogP contribution in [0.3, 0.4) is 0 Å². The van der Waals surface area contributed by atoms with E-state index in [9.17, 15) is 4.79 Å². The quantitative estimate of drug-likeness (QED) is 0.537. The minimum absolute atomic E-state index is 0.0587. The van der Waals surface area contributed by atoms with Crippen LogP contribution >= 0.6 is 0 Å². The molecule has 1 aliphatic carbocycles. The first-order valence-electron chi connectivity index (χ1n) is 10.1. The Morgan fingerprint density at radius 1 is 1.14 bits per heavy atom. The Morgan fingerprint density at radius 3 is 2.76 bits per heavy atom. The Kier molecular flexibility index (Phi) is 4.23. The van der Waals surface area contributed by atoms with Gasteiger partial charge in [-0.1, -0.05) is 36.4 Å². The fourth-order valence-corrected chi connectivity index (χ4v) is 4.33. The maximum atomic E-state index is 13.0. The summed E-state index contributed by atoms with van der Waals surface area (Å²) in [6.45, 7) is 4.03. The number of nitrogens with zero attached hydrogens (tertiary/aromatic N) is 2. The number of hydrogen-bond acceptors (Lipinski definition) is 3. The molecule has 0 bridgehead atoms. The van der Waals surface area contributed by atoms with E-state index in [0.29, 0.717) is 5.76 Å². The van der Waals surface area contributed by atoms with E-state index in [1.165, 1.54) is 11.3 Å². The van der Waals surface area contributed by atoms with Gasteiger partial charge in [-0.15, -0.1) is 0 Å². The molecule has 0 fully saturated rings. The molecule has 0 saturated heterocycles. The van der Waals surface area contributed by atoms with E-state index in [2.05, 4.69) is 29.5 Å². The predicted molar refractivity (Wildman–Crippen MR) is 112 cm³/mol. The van der Waals surface area contributed by atoms with Gasteiger partial charge in [0.2, 0.25) is 0 Å². The largest absolute Gasteiger partial charge is 0.451 e. The average Bonchev–Trinajstić information content (AvgIpc) is 3.31. The molecule has 1 unspecified atom stereocenters. The van der Waals surface area contributed by atoms with Crippen molar-refractivity contribution in [3.8, 4) is 5.69 Å². The zero-order chi connectivity index (χ0) is 20.0. The molecule has 146 valence electrons. The van der Waals surface area contributed by atoms with Crippen molar-refractivity contribution in [1.82, 2.24) is 15.1 Å². The van der Waals surface area contributed by atoms with E-state index in [1.54, 1.807) is 0 Å². The highest BCUT2D eigenvalue weighted by Gasteiger charge is 2.28. The third-order valence-electron chi connectivity index (χ3n) is 5.88. The number of furan rings is 1. The lowest BCUT2D eigenvalue weighted by Gasteiger charge is -2.24. The van der Waals surface area contributed by atoms with Gasteiger partial charge in [0.15, 0.2) is 5.76 Å². The van der Waals surface area contributed by atoms with Gasteiger partial charge in [0.1, 0.15) is 5.58 Å². The number of benzene rings is 2. The fraction of sp³-hybridized carbons (Fsp3) is 0.250. The van der Waals surface area contributed by atoms with Gasteiger partial charge in [0.05, 0.1) is 17.9 Å². The molecule has 2 aromatic carbocycles. The highest BCUT2D eigenvalue weighted by Crippen LogP contribution is 2.32. The molecule has 1 atom stereocenters. The molecule has 1 N–H and O–H groups in total. The Morgan fingerprint density at radius 2 is 1.93 bits per heavy atom. The SMILES string of the molecule is Cc1ccccc1-n1ncc2c1CCCC2NC(=O)c1oc2ccccc2c1C. The van der Waals surface area contributed by atoms with Gasteiger partial charge in [-0.2, -0.15) is 5.10 Å². The number of aromatic nitrogens is 2. The van der Waals surface area contributed by atoms with E-state index in [1.807, 2.05) is 54.2 Å². The van der Waals surface area contributed by atoms with Gasteiger partial charge in [0, 0.05) is 22.2 Å². The number of aryl methyl sites for hydroxylation is 2. The number of rotatable bonds is 3. The molecule has 5 heteroatoms. The van der Waals surface area contributed by atoms with Crippen molar-refractivity contribution in [2.75, 3.05) is 0 Å². The van der Waals surface area contributed by atoms with Crippen LogP contribution in [0.15, 0.2) is 59.1 Å². The van der Waals surface area contributed by atoms with E-state index in [4.69, 9.17) is 4.42 Å². The number of amides is 1. The lowest BCUT2D eigenvalue weighted by Crippen LogP contribution is -2.31. The second-order valence-electron chi connectivity index (χ2n) is 7.72. The molecule has 4 aromatic rings. The first-order chi connectivity index (χ1) is 14.1. The lowest BCUT2D eigenvalue weighted by molar-refractivity contribution is 0.0906. The van der Waals surface area contributed by atoms with Crippen LogP contribution < -0.4 is 5.32 Å². The molecule has 5 rings (SSSR count). The van der Waals surface area contributed by atoms with Gasteiger partial charge in [-0.3, -0.25) is 4.79 Å². The number of fused-ring (bicyclic) bond motifs is 2. The topological polar surface area (TPSA) is 60.1 Å². The Bertz CT molecular complexity index is 1220. The standard InChI is InChI=1S/C24H23N3O2/c1-15-8-3-5-11-20(15)27-21-12-7-10-19(18(21)14-25-27)26-24(28)23-16(2)17-9-4-6-13-22(17)29-23/h3-6,8-9,11,13-14,19H,7,10,12H2,1-2H3,(H,26,28). The van der Waals surface area contributed by atoms with Gasteiger partial charge < -0.3 is 9.73 Å². The summed E-state index contributed by atoms with van der Waals surface area (Å²) in [6.07, 6.45) is 4.77. The number of carbonyl (C=O) groups is 1. The smallest absolute Gasteiger partial charge is 0.287 e. The highest BCUT2D eigenvalue weighted by atomic mass is 16.3. The molecule has 0 saturated carbocycles. The Hall–Kier alpha value is -3.34. The van der Waals surface area contributed by atoms with Crippen molar-refractivity contribution in [2.45, 2.75) is 39.2 Å². The van der Waals surface area contributed by atoms with E-state index in [-0.39, 0.29) is 11.9 Å². The maximum absolute atomic E-state index is 13.0. The van der Waals surface area contributed by atoms with Crippen molar-refractivity contribution in [1.29, 1.82) is 0 Å². The average molecular weight is 385 g/mol. The van der Waals surface area contributed by atoms with Crippen molar-refractivity contribution in [3.63, 3.8) is 0 Å². The van der Waals surface area contributed by atoms with Gasteiger partial charge >= 0.3 is 0 Å². The summed E-state index contributed by atoms with van der Waals surface area (Å²) in [5, 5.41) is 8.82. The molecule has 1 aliphatic rings. The van der Waals surface area contributed by atoms with Crippen LogP contribution in [0.1, 0.15) is 51.8 Å². The monoisotopic (exact) mass is 385 g/mol. The molecule has 1 amide bonds. The summed E-state index contributed by atoms with van der Waals surface area (Å²) in [6, 6.07) is 15.9. The summed E-state index contributed by atoms with van der Waals surface area (Å²) in [7, 11) is 0. The Balaban J connectivity index is 1.46. The first kappa shape index (κ1) is 17.7. The minimum atomic E-state index is -0.166. The normalized spacial score (nSPS) is 16.0. The van der Waals surface area contributed by atoms with Crippen LogP contribution in [-0.2, 0) is 6.42 Å². The van der Waals surface area contributed by atoms with Crippen molar-refractivity contribution < 1.29 is 9.21 Å². The van der Waals surface area contributed by atoms with Crippen LogP contribution in [0.25, 0.3) is 16.7 Å². The molecular formula is C24H23N3O2. The zero-order valence-electron chi connectivity index (χ0n) is 16.6. The fourth-order valence-electron chi connectivity index (χ4n) is 4.33. The number of nitrogens with one attached hydrogen (secondary N) is 1. The number of carbonyl (C=O) groups excluding carboxylic acids is 1. The molecule has 5 nitrogen and oxygen atoms in total. The number of para-hydroxylation sites is 2. The van der Waals surface area contributed by atoms with E-state index in [0.717, 1.165) is 47.0 Å². The molecular weight excluding hydrogens is 362 g/mol. The molecule has 0 radical (unpaired) electrons. The van der Waals surface area contributed by atoms with Crippen LogP contribution in [0.2, 0.25) is 0 Å². The molecule has 0 spiro atoms. The summed E-state index contributed by atoms with van der Waals surface area (Å²) in [5.41, 5.74) is 6.17. The predicted octanol–water partition coefficient (Wildman–Crippen LogP) is 5.04. The van der Waals surface area contributed by atoms with Gasteiger partial charge in [-0.05, 0) is 50.8 Å². The highest BCUT2D eigenvalue weighted by molar-refractivity contribution is 5.99. The van der Waals surface area contributed by atoms with Crippen LogP contribution in [0.4, 0.5) is 0 Å². The Labute approximate surface area is 169 Å². The molecule has 29 heavy (non-hydrogen) atoms. The zero-order valence-corrected chi connectivity index (χ0v) is 16.6. The molecule has 2 aromatic heterocycles. The van der Waals surface area contributed by atoms with Crippen LogP contribution in [0, 0.1) is 13.8 Å². The summed E-state index contributed by atoms with van der Waals surface area (Å²) in [5.74, 6) is 0.227. The van der Waals surface area contributed by atoms with Gasteiger partial charge in [0.25, 0.3) is 5.91 Å². The van der Waals surface area contributed by atoms with Crippen molar-refractivity contribution >= 4 is 16.9 Å². The summed E-state index contributed by atoms with van der Waals surface area (Å²) < 4.78 is 7.87. The van der Waals surface area contributed by atoms with Gasteiger partial charge in [-0.25, -0.2) is 4.68 Å². The van der Waals surface area contributed by atoms with Crippen LogP contribution in [-0.4, -0.2) is 15.7 Å². The van der Waals surface area contributed by atoms with Crippen molar-refractivity contribution in [3.05, 3.63) is 82.9 Å². The van der Waals surface area contributed by atoms with E-state index >= 15 is 0 Å². The summed E-state index contributed by atoms with van der Waals surface area (Å²) in [4.78, 5) is 13.0. The molecule has 2 heterocycles. The summed E-state index contributed by atoms with van der Waals surface area (Å²) >= 11 is 0. The maximum Gasteiger partial charge on any atom is 0.287 e.